The summed E-state index contributed by atoms with van der Waals surface area (Å²) in [6.07, 6.45) is -0.0631. The highest BCUT2D eigenvalue weighted by Crippen LogP contribution is 2.28. The lowest BCUT2D eigenvalue weighted by Crippen LogP contribution is -2.22. The van der Waals surface area contributed by atoms with Gasteiger partial charge in [-0.2, -0.15) is 0 Å². The van der Waals surface area contributed by atoms with Crippen LogP contribution in [0.15, 0.2) is 64.1 Å². The Hall–Kier alpha value is -2.33. The number of carbonyl (C=O) groups is 3. The Labute approximate surface area is 142 Å². The molecule has 0 atom stereocenters. The first-order valence-corrected chi connectivity index (χ1v) is 7.95. The molecule has 0 N–H and O–H groups in total. The molecule has 0 spiro atoms. The number of halogens is 1. The standard InChI is InChI=1S/C19H13BrO3/c1-11-16(10-17(21)12-6-8-13(20)9-7-12)19(23)15-5-3-2-4-14(15)18(11)22/h2-9H,10H2,1H3. The first-order chi connectivity index (χ1) is 11.0. The largest absolute Gasteiger partial charge is 0.294 e. The summed E-state index contributed by atoms with van der Waals surface area (Å²) < 4.78 is 0.877. The summed E-state index contributed by atoms with van der Waals surface area (Å²) in [5.74, 6) is -0.589. The minimum absolute atomic E-state index is 0.0631. The third-order valence-corrected chi connectivity index (χ3v) is 4.52. The van der Waals surface area contributed by atoms with Crippen LogP contribution in [0.3, 0.4) is 0 Å². The van der Waals surface area contributed by atoms with Crippen molar-refractivity contribution in [2.24, 2.45) is 0 Å². The van der Waals surface area contributed by atoms with Crippen LogP contribution in [0.2, 0.25) is 0 Å². The molecule has 4 heteroatoms. The lowest BCUT2D eigenvalue weighted by atomic mass is 9.82. The molecular weight excluding hydrogens is 356 g/mol. The van der Waals surface area contributed by atoms with E-state index in [1.54, 1.807) is 55.5 Å². The van der Waals surface area contributed by atoms with Crippen LogP contribution in [-0.4, -0.2) is 17.3 Å². The Bertz CT molecular complexity index is 860. The van der Waals surface area contributed by atoms with Gasteiger partial charge in [0, 0.05) is 38.7 Å². The van der Waals surface area contributed by atoms with Crippen molar-refractivity contribution >= 4 is 33.3 Å². The van der Waals surface area contributed by atoms with E-state index in [1.165, 1.54) is 0 Å². The molecule has 23 heavy (non-hydrogen) atoms. The van der Waals surface area contributed by atoms with Crippen LogP contribution in [0.1, 0.15) is 44.4 Å². The van der Waals surface area contributed by atoms with E-state index in [-0.39, 0.29) is 23.8 Å². The summed E-state index contributed by atoms with van der Waals surface area (Å²) in [5, 5.41) is 0. The topological polar surface area (TPSA) is 51.2 Å². The molecule has 0 saturated heterocycles. The molecular formula is C19H13BrO3. The average molecular weight is 369 g/mol. The summed E-state index contributed by atoms with van der Waals surface area (Å²) >= 11 is 3.32. The molecule has 114 valence electrons. The second kappa shape index (κ2) is 6.05. The number of rotatable bonds is 3. The number of ketones is 3. The molecule has 1 aliphatic rings. The zero-order valence-electron chi connectivity index (χ0n) is 12.4. The summed E-state index contributed by atoms with van der Waals surface area (Å²) in [4.78, 5) is 37.5. The summed E-state index contributed by atoms with van der Waals surface area (Å²) in [5.41, 5.74) is 1.96. The lowest BCUT2D eigenvalue weighted by molar-refractivity contribution is 0.0943. The van der Waals surface area contributed by atoms with Gasteiger partial charge in [-0.3, -0.25) is 14.4 Å². The van der Waals surface area contributed by atoms with Gasteiger partial charge in [-0.05, 0) is 19.1 Å². The minimum atomic E-state index is -0.233. The van der Waals surface area contributed by atoms with Gasteiger partial charge in [0.1, 0.15) is 0 Å². The van der Waals surface area contributed by atoms with Gasteiger partial charge in [-0.25, -0.2) is 0 Å². The van der Waals surface area contributed by atoms with Crippen LogP contribution >= 0.6 is 15.9 Å². The van der Waals surface area contributed by atoms with Gasteiger partial charge >= 0.3 is 0 Å². The molecule has 0 saturated carbocycles. The molecule has 2 aromatic carbocycles. The molecule has 0 radical (unpaired) electrons. The van der Waals surface area contributed by atoms with E-state index in [1.807, 2.05) is 0 Å². The third-order valence-electron chi connectivity index (χ3n) is 3.99. The SMILES string of the molecule is CC1=C(CC(=O)c2ccc(Br)cc2)C(=O)c2ccccc2C1=O. The summed E-state index contributed by atoms with van der Waals surface area (Å²) in [7, 11) is 0. The lowest BCUT2D eigenvalue weighted by Gasteiger charge is -2.18. The fourth-order valence-corrected chi connectivity index (χ4v) is 2.93. The third kappa shape index (κ3) is 2.82. The van der Waals surface area contributed by atoms with Crippen LogP contribution in [0.4, 0.5) is 0 Å². The molecule has 3 nitrogen and oxygen atoms in total. The molecule has 0 fully saturated rings. The van der Waals surface area contributed by atoms with Crippen molar-refractivity contribution < 1.29 is 14.4 Å². The van der Waals surface area contributed by atoms with Gasteiger partial charge in [-0.15, -0.1) is 0 Å². The van der Waals surface area contributed by atoms with Gasteiger partial charge < -0.3 is 0 Å². The van der Waals surface area contributed by atoms with Gasteiger partial charge in [0.2, 0.25) is 0 Å². The van der Waals surface area contributed by atoms with Crippen molar-refractivity contribution in [1.29, 1.82) is 0 Å². The Morgan fingerprint density at radius 1 is 0.913 bits per heavy atom. The molecule has 1 aliphatic carbocycles. The van der Waals surface area contributed by atoms with E-state index >= 15 is 0 Å². The molecule has 0 unspecified atom stereocenters. The van der Waals surface area contributed by atoms with Gasteiger partial charge in [0.05, 0.1) is 0 Å². The van der Waals surface area contributed by atoms with E-state index in [0.29, 0.717) is 27.8 Å². The number of allylic oxidation sites excluding steroid dienone is 2. The maximum Gasteiger partial charge on any atom is 0.190 e. The first-order valence-electron chi connectivity index (χ1n) is 7.16. The molecule has 0 heterocycles. The van der Waals surface area contributed by atoms with Gasteiger partial charge in [0.25, 0.3) is 0 Å². The summed E-state index contributed by atoms with van der Waals surface area (Å²) in [6.45, 7) is 1.61. The van der Waals surface area contributed by atoms with Crippen molar-refractivity contribution in [3.05, 3.63) is 80.8 Å². The number of hydrogen-bond acceptors (Lipinski definition) is 3. The van der Waals surface area contributed by atoms with E-state index in [2.05, 4.69) is 15.9 Å². The predicted octanol–water partition coefficient (Wildman–Crippen LogP) is 4.42. The predicted molar refractivity (Wildman–Crippen MR) is 90.9 cm³/mol. The van der Waals surface area contributed by atoms with E-state index in [9.17, 15) is 14.4 Å². The zero-order valence-corrected chi connectivity index (χ0v) is 14.0. The Kier molecular flexibility index (Phi) is 4.09. The highest BCUT2D eigenvalue weighted by Gasteiger charge is 2.30. The van der Waals surface area contributed by atoms with Crippen molar-refractivity contribution in [1.82, 2.24) is 0 Å². The van der Waals surface area contributed by atoms with Crippen LogP contribution in [0.5, 0.6) is 0 Å². The minimum Gasteiger partial charge on any atom is -0.294 e. The van der Waals surface area contributed by atoms with E-state index in [0.717, 1.165) is 4.47 Å². The number of fused-ring (bicyclic) bond motifs is 1. The smallest absolute Gasteiger partial charge is 0.190 e. The monoisotopic (exact) mass is 368 g/mol. The maximum absolute atomic E-state index is 12.6. The Morgan fingerprint density at radius 3 is 2.09 bits per heavy atom. The fraction of sp³-hybridized carbons (Fsp3) is 0.105. The van der Waals surface area contributed by atoms with Crippen molar-refractivity contribution in [3.63, 3.8) is 0 Å². The molecule has 0 bridgehead atoms. The van der Waals surface area contributed by atoms with E-state index < -0.39 is 0 Å². The Morgan fingerprint density at radius 2 is 1.48 bits per heavy atom. The second-order valence-corrected chi connectivity index (χ2v) is 6.33. The molecule has 0 amide bonds. The maximum atomic E-state index is 12.6. The normalized spacial score (nSPS) is 14.0. The van der Waals surface area contributed by atoms with Crippen molar-refractivity contribution in [2.75, 3.05) is 0 Å². The van der Waals surface area contributed by atoms with Crippen LogP contribution in [0.25, 0.3) is 0 Å². The molecule has 0 aliphatic heterocycles. The van der Waals surface area contributed by atoms with Gasteiger partial charge in [0.15, 0.2) is 17.3 Å². The van der Waals surface area contributed by atoms with Crippen molar-refractivity contribution in [2.45, 2.75) is 13.3 Å². The molecule has 3 rings (SSSR count). The number of benzene rings is 2. The average Bonchev–Trinajstić information content (AvgIpc) is 2.57. The number of hydrogen-bond donors (Lipinski definition) is 0. The van der Waals surface area contributed by atoms with Crippen LogP contribution in [0, 0.1) is 0 Å². The van der Waals surface area contributed by atoms with Crippen LogP contribution in [-0.2, 0) is 0 Å². The number of Topliss-reactive ketones (excluding diaryl/α,β-unsaturated/α-hetero) is 3. The fourth-order valence-electron chi connectivity index (χ4n) is 2.66. The molecule has 0 aromatic heterocycles. The number of carbonyl (C=O) groups excluding carboxylic acids is 3. The quantitative estimate of drug-likeness (QED) is 0.753. The van der Waals surface area contributed by atoms with Gasteiger partial charge in [-0.1, -0.05) is 52.3 Å². The second-order valence-electron chi connectivity index (χ2n) is 5.41. The van der Waals surface area contributed by atoms with Crippen LogP contribution < -0.4 is 0 Å². The van der Waals surface area contributed by atoms with E-state index in [4.69, 9.17) is 0 Å². The highest BCUT2D eigenvalue weighted by atomic mass is 79.9. The zero-order chi connectivity index (χ0) is 16.6. The first kappa shape index (κ1) is 15.6. The van der Waals surface area contributed by atoms with Crippen molar-refractivity contribution in [3.8, 4) is 0 Å². The molecule has 2 aromatic rings. The highest BCUT2D eigenvalue weighted by molar-refractivity contribution is 9.10. The Balaban J connectivity index is 1.95. The summed E-state index contributed by atoms with van der Waals surface area (Å²) in [6, 6.07) is 13.7.